The van der Waals surface area contributed by atoms with Crippen LogP contribution in [0.3, 0.4) is 0 Å². The molecule has 31 heavy (non-hydrogen) atoms. The van der Waals surface area contributed by atoms with Crippen molar-refractivity contribution in [3.05, 3.63) is 71.4 Å². The van der Waals surface area contributed by atoms with E-state index in [0.29, 0.717) is 24.3 Å². The highest BCUT2D eigenvalue weighted by atomic mass is 16.5. The molecule has 2 N–H and O–H groups in total. The molecule has 0 radical (unpaired) electrons. The van der Waals surface area contributed by atoms with E-state index in [-0.39, 0.29) is 17.4 Å². The molecule has 1 aliphatic rings. The van der Waals surface area contributed by atoms with Crippen LogP contribution in [0.1, 0.15) is 44.4 Å². The normalized spacial score (nSPS) is 18.3. The van der Waals surface area contributed by atoms with Crippen molar-refractivity contribution in [1.29, 1.82) is 0 Å². The highest BCUT2D eigenvalue weighted by Gasteiger charge is 2.46. The van der Waals surface area contributed by atoms with Gasteiger partial charge in [-0.25, -0.2) is 0 Å². The predicted octanol–water partition coefficient (Wildman–Crippen LogP) is 4.79. The Morgan fingerprint density at radius 1 is 1.13 bits per heavy atom. The summed E-state index contributed by atoms with van der Waals surface area (Å²) in [7, 11) is 0. The number of fused-ring (bicyclic) bond motifs is 1. The van der Waals surface area contributed by atoms with Crippen molar-refractivity contribution >= 4 is 28.4 Å². The van der Waals surface area contributed by atoms with Gasteiger partial charge in [0.1, 0.15) is 11.5 Å². The van der Waals surface area contributed by atoms with Crippen LogP contribution in [0.15, 0.2) is 60.3 Å². The van der Waals surface area contributed by atoms with Crippen molar-refractivity contribution in [1.82, 2.24) is 9.88 Å². The number of benzene rings is 2. The second kappa shape index (κ2) is 8.30. The molecule has 0 spiro atoms. The molecule has 1 amide bonds. The maximum Gasteiger partial charge on any atom is 0.295 e. The number of para-hydroxylation sites is 1. The number of hydrogen-bond donors (Lipinski definition) is 2. The Balaban J connectivity index is 1.85. The lowest BCUT2D eigenvalue weighted by molar-refractivity contribution is -0.139. The maximum absolute atomic E-state index is 13.0. The molecule has 0 aliphatic carbocycles. The van der Waals surface area contributed by atoms with Crippen LogP contribution in [-0.2, 0) is 9.59 Å². The van der Waals surface area contributed by atoms with Gasteiger partial charge in [-0.3, -0.25) is 9.59 Å². The number of amides is 1. The van der Waals surface area contributed by atoms with Crippen molar-refractivity contribution in [2.75, 3.05) is 6.54 Å². The van der Waals surface area contributed by atoms with Gasteiger partial charge in [-0.1, -0.05) is 25.1 Å². The molecule has 0 saturated carbocycles. The summed E-state index contributed by atoms with van der Waals surface area (Å²) in [5.41, 5.74) is 2.29. The zero-order valence-electron chi connectivity index (χ0n) is 17.9. The third-order valence-corrected chi connectivity index (χ3v) is 5.42. The molecular weight excluding hydrogens is 392 g/mol. The number of nitrogens with zero attached hydrogens (tertiary/aromatic N) is 1. The Morgan fingerprint density at radius 3 is 2.52 bits per heavy atom. The number of aromatic amines is 1. The van der Waals surface area contributed by atoms with Crippen molar-refractivity contribution in [2.24, 2.45) is 0 Å². The quantitative estimate of drug-likeness (QED) is 0.343. The van der Waals surface area contributed by atoms with Gasteiger partial charge in [0.15, 0.2) is 0 Å². The fourth-order valence-corrected chi connectivity index (χ4v) is 4.11. The molecular formula is C25H26N2O4. The van der Waals surface area contributed by atoms with Gasteiger partial charge >= 0.3 is 0 Å². The van der Waals surface area contributed by atoms with E-state index in [1.807, 2.05) is 51.2 Å². The van der Waals surface area contributed by atoms with E-state index >= 15 is 0 Å². The minimum absolute atomic E-state index is 0.0284. The molecule has 3 aromatic rings. The molecule has 4 rings (SSSR count). The lowest BCUT2D eigenvalue weighted by Gasteiger charge is -2.24. The summed E-state index contributed by atoms with van der Waals surface area (Å²) in [6.45, 7) is 6.25. The summed E-state index contributed by atoms with van der Waals surface area (Å²) in [5.74, 6) is -0.753. The molecule has 1 aromatic heterocycles. The molecule has 6 nitrogen and oxygen atoms in total. The van der Waals surface area contributed by atoms with Gasteiger partial charge in [-0.05, 0) is 50.6 Å². The topological polar surface area (TPSA) is 82.6 Å². The number of nitrogens with one attached hydrogen (secondary N) is 1. The molecule has 2 aromatic carbocycles. The molecule has 1 saturated heterocycles. The fraction of sp³-hybridized carbons (Fsp3) is 0.280. The van der Waals surface area contributed by atoms with E-state index in [2.05, 4.69) is 4.98 Å². The average molecular weight is 418 g/mol. The van der Waals surface area contributed by atoms with Crippen molar-refractivity contribution < 1.29 is 19.4 Å². The Hall–Kier alpha value is -3.54. The number of Topliss-reactive ketones (excluding diaryl/α,β-unsaturated/α-hetero) is 1. The van der Waals surface area contributed by atoms with E-state index in [0.717, 1.165) is 16.5 Å². The number of ether oxygens (including phenoxy) is 1. The number of carbonyl (C=O) groups is 2. The van der Waals surface area contributed by atoms with Gasteiger partial charge in [0.2, 0.25) is 0 Å². The first-order valence-corrected chi connectivity index (χ1v) is 10.5. The summed E-state index contributed by atoms with van der Waals surface area (Å²) < 4.78 is 5.66. The van der Waals surface area contributed by atoms with Crippen molar-refractivity contribution in [3.63, 3.8) is 0 Å². The summed E-state index contributed by atoms with van der Waals surface area (Å²) in [5, 5.41) is 12.1. The number of aromatic nitrogens is 1. The Morgan fingerprint density at radius 2 is 1.84 bits per heavy atom. The van der Waals surface area contributed by atoms with Crippen molar-refractivity contribution in [2.45, 2.75) is 39.3 Å². The Kier molecular flexibility index (Phi) is 5.55. The summed E-state index contributed by atoms with van der Waals surface area (Å²) in [6.07, 6.45) is 2.55. The number of likely N-dealkylation sites (tertiary alicyclic amines) is 1. The zero-order valence-corrected chi connectivity index (χ0v) is 17.9. The molecule has 1 unspecified atom stereocenters. The number of H-pyrrole nitrogens is 1. The second-order valence-electron chi connectivity index (χ2n) is 7.97. The molecule has 1 atom stereocenters. The molecule has 0 bridgehead atoms. The second-order valence-corrected chi connectivity index (χ2v) is 7.97. The Bertz CT molecular complexity index is 1160. The van der Waals surface area contributed by atoms with Crippen LogP contribution in [0, 0.1) is 0 Å². The average Bonchev–Trinajstić information content (AvgIpc) is 3.28. The zero-order chi connectivity index (χ0) is 22.1. The molecule has 160 valence electrons. The maximum atomic E-state index is 13.0. The van der Waals surface area contributed by atoms with Crippen LogP contribution in [0.5, 0.6) is 5.75 Å². The van der Waals surface area contributed by atoms with Gasteiger partial charge in [0, 0.05) is 34.8 Å². The number of aliphatic hydroxyl groups excluding tert-OH is 1. The van der Waals surface area contributed by atoms with Gasteiger partial charge in [0.05, 0.1) is 17.7 Å². The van der Waals surface area contributed by atoms with E-state index in [9.17, 15) is 14.7 Å². The van der Waals surface area contributed by atoms with Gasteiger partial charge in [0.25, 0.3) is 11.7 Å². The van der Waals surface area contributed by atoms with E-state index in [1.165, 1.54) is 0 Å². The summed E-state index contributed by atoms with van der Waals surface area (Å²) >= 11 is 0. The van der Waals surface area contributed by atoms with Crippen LogP contribution in [0.25, 0.3) is 16.7 Å². The SMILES string of the molecule is CCCN1C(=O)C(=O)/C(=C(/O)c2ccc(OC(C)C)cc2)C1c1c[nH]c2ccccc12. The number of carbonyl (C=O) groups excluding carboxylic acids is 2. The van der Waals surface area contributed by atoms with E-state index in [1.54, 1.807) is 29.2 Å². The third-order valence-electron chi connectivity index (χ3n) is 5.42. The highest BCUT2D eigenvalue weighted by Crippen LogP contribution is 2.42. The van der Waals surface area contributed by atoms with Gasteiger partial charge in [-0.2, -0.15) is 0 Å². The highest BCUT2D eigenvalue weighted by molar-refractivity contribution is 6.46. The Labute approximate surface area is 181 Å². The van der Waals surface area contributed by atoms with E-state index in [4.69, 9.17) is 4.74 Å². The fourth-order valence-electron chi connectivity index (χ4n) is 4.11. The first-order chi connectivity index (χ1) is 14.9. The largest absolute Gasteiger partial charge is 0.507 e. The predicted molar refractivity (Wildman–Crippen MR) is 120 cm³/mol. The molecule has 1 aliphatic heterocycles. The number of rotatable bonds is 6. The molecule has 2 heterocycles. The summed E-state index contributed by atoms with van der Waals surface area (Å²) in [6, 6.07) is 14.0. The minimum atomic E-state index is -0.663. The monoisotopic (exact) mass is 418 g/mol. The first-order valence-electron chi connectivity index (χ1n) is 10.5. The van der Waals surface area contributed by atoms with Gasteiger partial charge < -0.3 is 19.7 Å². The lowest BCUT2D eigenvalue weighted by atomic mass is 9.95. The van der Waals surface area contributed by atoms with Crippen LogP contribution >= 0.6 is 0 Å². The number of hydrogen-bond acceptors (Lipinski definition) is 4. The van der Waals surface area contributed by atoms with Crippen LogP contribution in [-0.4, -0.2) is 39.3 Å². The van der Waals surface area contributed by atoms with Crippen LogP contribution in [0.4, 0.5) is 0 Å². The lowest BCUT2D eigenvalue weighted by Crippen LogP contribution is -2.30. The summed E-state index contributed by atoms with van der Waals surface area (Å²) in [4.78, 5) is 30.6. The van der Waals surface area contributed by atoms with Gasteiger partial charge in [-0.15, -0.1) is 0 Å². The molecule has 6 heteroatoms. The minimum Gasteiger partial charge on any atom is -0.507 e. The first kappa shape index (κ1) is 20.7. The third kappa shape index (κ3) is 3.69. The number of ketones is 1. The van der Waals surface area contributed by atoms with Crippen LogP contribution < -0.4 is 4.74 Å². The van der Waals surface area contributed by atoms with Crippen molar-refractivity contribution in [3.8, 4) is 5.75 Å². The van der Waals surface area contributed by atoms with Crippen LogP contribution in [0.2, 0.25) is 0 Å². The van der Waals surface area contributed by atoms with E-state index < -0.39 is 17.7 Å². The standard InChI is InChI=1S/C25H26N2O4/c1-4-13-27-22(19-14-26-20-8-6-5-7-18(19)20)21(24(29)25(27)30)23(28)16-9-11-17(12-10-16)31-15(2)3/h5-12,14-15,22,26,28H,4,13H2,1-3H3/b23-21+. The molecule has 1 fully saturated rings. The number of aliphatic hydroxyl groups is 1. The smallest absolute Gasteiger partial charge is 0.295 e.